The summed E-state index contributed by atoms with van der Waals surface area (Å²) in [6.07, 6.45) is 4.06. The van der Waals surface area contributed by atoms with E-state index in [1.165, 1.54) is 7.11 Å². The van der Waals surface area contributed by atoms with Gasteiger partial charge >= 0.3 is 12.2 Å². The second-order valence-corrected chi connectivity index (χ2v) is 4.81. The molecule has 0 saturated carbocycles. The van der Waals surface area contributed by atoms with Crippen molar-refractivity contribution in [3.05, 3.63) is 12.2 Å². The van der Waals surface area contributed by atoms with Crippen molar-refractivity contribution < 1.29 is 23.8 Å². The second-order valence-electron chi connectivity index (χ2n) is 4.81. The van der Waals surface area contributed by atoms with Gasteiger partial charge in [-0.1, -0.05) is 12.2 Å². The molecule has 0 atom stereocenters. The first-order valence-electron chi connectivity index (χ1n) is 6.18. The highest BCUT2D eigenvalue weighted by Crippen LogP contribution is 2.06. The molecular weight excluding hydrogens is 250 g/mol. The van der Waals surface area contributed by atoms with E-state index < -0.39 is 17.8 Å². The van der Waals surface area contributed by atoms with Gasteiger partial charge in [0.1, 0.15) is 12.2 Å². The molecule has 1 amide bonds. The Bertz CT molecular complexity index is 307. The van der Waals surface area contributed by atoms with Gasteiger partial charge in [0.05, 0.1) is 7.11 Å². The lowest BCUT2D eigenvalue weighted by atomic mass is 10.2. The fraction of sp³-hybridized carbons (Fsp3) is 0.692. The molecule has 0 rings (SSSR count). The Kier molecular flexibility index (Phi) is 8.41. The summed E-state index contributed by atoms with van der Waals surface area (Å²) in [5, 5.41) is 2.66. The number of amides is 1. The first-order valence-corrected chi connectivity index (χ1v) is 6.18. The van der Waals surface area contributed by atoms with E-state index in [9.17, 15) is 9.59 Å². The minimum absolute atomic E-state index is 0.187. The number of carbonyl (C=O) groups is 2. The van der Waals surface area contributed by atoms with Crippen molar-refractivity contribution >= 4 is 12.2 Å². The zero-order chi connectivity index (χ0) is 14.7. The molecule has 6 heteroatoms. The molecule has 0 aromatic heterocycles. The van der Waals surface area contributed by atoms with Crippen LogP contribution in [-0.2, 0) is 14.2 Å². The van der Waals surface area contributed by atoms with Gasteiger partial charge in [-0.25, -0.2) is 9.59 Å². The van der Waals surface area contributed by atoms with Crippen LogP contribution in [0.3, 0.4) is 0 Å². The fourth-order valence-corrected chi connectivity index (χ4v) is 1.09. The second kappa shape index (κ2) is 9.24. The summed E-state index contributed by atoms with van der Waals surface area (Å²) in [5.41, 5.74) is -0.477. The van der Waals surface area contributed by atoms with Crippen molar-refractivity contribution in [2.75, 3.05) is 20.3 Å². The molecule has 0 aliphatic heterocycles. The van der Waals surface area contributed by atoms with E-state index in [0.717, 1.165) is 12.8 Å². The smallest absolute Gasteiger partial charge is 0.444 e. The minimum atomic E-state index is -0.698. The zero-order valence-electron chi connectivity index (χ0n) is 12.0. The lowest BCUT2D eigenvalue weighted by molar-refractivity contribution is 0.0527. The Morgan fingerprint density at radius 2 is 1.89 bits per heavy atom. The summed E-state index contributed by atoms with van der Waals surface area (Å²) in [7, 11) is 1.26. The van der Waals surface area contributed by atoms with Gasteiger partial charge < -0.3 is 19.5 Å². The van der Waals surface area contributed by atoms with E-state index in [0.29, 0.717) is 6.54 Å². The molecule has 0 aromatic carbocycles. The number of alkyl carbamates (subject to hydrolysis) is 1. The van der Waals surface area contributed by atoms with Crippen molar-refractivity contribution in [2.45, 2.75) is 39.2 Å². The van der Waals surface area contributed by atoms with Gasteiger partial charge in [0.25, 0.3) is 0 Å². The standard InChI is InChI=1S/C13H23NO5/c1-13(2,3)19-11(15)14-9-7-5-6-8-10-18-12(16)17-4/h6,8H,5,7,9-10H2,1-4H3,(H,14,15)/b8-6+. The molecule has 0 radical (unpaired) electrons. The summed E-state index contributed by atoms with van der Waals surface area (Å²) in [6.45, 7) is 6.17. The SMILES string of the molecule is COC(=O)OC/C=C/CCCNC(=O)OC(C)(C)C. The zero-order valence-corrected chi connectivity index (χ0v) is 12.0. The van der Waals surface area contributed by atoms with E-state index in [2.05, 4.69) is 14.8 Å². The predicted molar refractivity (Wildman–Crippen MR) is 71.0 cm³/mol. The molecule has 0 bridgehead atoms. The Morgan fingerprint density at radius 3 is 2.47 bits per heavy atom. The van der Waals surface area contributed by atoms with Gasteiger partial charge in [-0.2, -0.15) is 0 Å². The van der Waals surface area contributed by atoms with Gasteiger partial charge in [-0.3, -0.25) is 0 Å². The quantitative estimate of drug-likeness (QED) is 0.457. The first-order chi connectivity index (χ1) is 8.85. The van der Waals surface area contributed by atoms with Crippen molar-refractivity contribution in [3.63, 3.8) is 0 Å². The van der Waals surface area contributed by atoms with Crippen molar-refractivity contribution in [1.82, 2.24) is 5.32 Å². The summed E-state index contributed by atoms with van der Waals surface area (Å²) in [6, 6.07) is 0. The monoisotopic (exact) mass is 273 g/mol. The minimum Gasteiger partial charge on any atom is -0.444 e. The average molecular weight is 273 g/mol. The molecule has 0 heterocycles. The fourth-order valence-electron chi connectivity index (χ4n) is 1.09. The number of hydrogen-bond donors (Lipinski definition) is 1. The molecule has 0 unspecified atom stereocenters. The molecule has 0 aliphatic carbocycles. The summed E-state index contributed by atoms with van der Waals surface area (Å²) >= 11 is 0. The molecule has 0 aromatic rings. The maximum absolute atomic E-state index is 11.3. The van der Waals surface area contributed by atoms with Crippen LogP contribution in [0.2, 0.25) is 0 Å². The van der Waals surface area contributed by atoms with Crippen molar-refractivity contribution in [2.24, 2.45) is 0 Å². The third-order valence-electron chi connectivity index (χ3n) is 1.85. The molecule has 0 saturated heterocycles. The number of nitrogens with one attached hydrogen (secondary N) is 1. The molecule has 19 heavy (non-hydrogen) atoms. The number of ether oxygens (including phenoxy) is 3. The molecular formula is C13H23NO5. The normalized spacial score (nSPS) is 11.2. The summed E-state index contributed by atoms with van der Waals surface area (Å²) in [4.78, 5) is 21.9. The van der Waals surface area contributed by atoms with E-state index in [1.807, 2.05) is 26.8 Å². The Hall–Kier alpha value is -1.72. The summed E-state index contributed by atoms with van der Waals surface area (Å²) < 4.78 is 14.0. The summed E-state index contributed by atoms with van der Waals surface area (Å²) in [5.74, 6) is 0. The van der Waals surface area contributed by atoms with E-state index in [1.54, 1.807) is 6.08 Å². The van der Waals surface area contributed by atoms with Crippen LogP contribution in [0.25, 0.3) is 0 Å². The highest BCUT2D eigenvalue weighted by Gasteiger charge is 2.15. The molecule has 110 valence electrons. The predicted octanol–water partition coefficient (Wildman–Crippen LogP) is 2.63. The lowest BCUT2D eigenvalue weighted by Crippen LogP contribution is -2.32. The van der Waals surface area contributed by atoms with E-state index in [4.69, 9.17) is 4.74 Å². The first kappa shape index (κ1) is 17.3. The number of carbonyl (C=O) groups excluding carboxylic acids is 2. The van der Waals surface area contributed by atoms with Crippen LogP contribution < -0.4 is 5.32 Å². The van der Waals surface area contributed by atoms with Crippen molar-refractivity contribution in [3.8, 4) is 0 Å². The number of unbranched alkanes of at least 4 members (excludes halogenated alkanes) is 1. The molecule has 0 aliphatic rings. The van der Waals surface area contributed by atoms with Gasteiger partial charge in [0.15, 0.2) is 0 Å². The molecule has 0 spiro atoms. The molecule has 1 N–H and O–H groups in total. The third kappa shape index (κ3) is 12.5. The van der Waals surface area contributed by atoms with Gasteiger partial charge in [-0.05, 0) is 33.6 Å². The van der Waals surface area contributed by atoms with Crippen molar-refractivity contribution in [1.29, 1.82) is 0 Å². The highest BCUT2D eigenvalue weighted by atomic mass is 16.7. The topological polar surface area (TPSA) is 73.9 Å². The Balaban J connectivity index is 3.47. The Morgan fingerprint density at radius 1 is 1.21 bits per heavy atom. The van der Waals surface area contributed by atoms with Gasteiger partial charge in [0.2, 0.25) is 0 Å². The Labute approximate surface area is 114 Å². The number of allylic oxidation sites excluding steroid dienone is 1. The van der Waals surface area contributed by atoms with Crippen LogP contribution in [0.5, 0.6) is 0 Å². The average Bonchev–Trinajstić information content (AvgIpc) is 2.29. The number of hydrogen-bond acceptors (Lipinski definition) is 5. The highest BCUT2D eigenvalue weighted by molar-refractivity contribution is 5.67. The molecule has 0 fully saturated rings. The lowest BCUT2D eigenvalue weighted by Gasteiger charge is -2.19. The number of rotatable bonds is 6. The van der Waals surface area contributed by atoms with E-state index >= 15 is 0 Å². The van der Waals surface area contributed by atoms with E-state index in [-0.39, 0.29) is 6.61 Å². The van der Waals surface area contributed by atoms with Gasteiger partial charge in [-0.15, -0.1) is 0 Å². The van der Waals surface area contributed by atoms with Crippen LogP contribution in [0.1, 0.15) is 33.6 Å². The van der Waals surface area contributed by atoms with Crippen LogP contribution in [-0.4, -0.2) is 38.1 Å². The maximum atomic E-state index is 11.3. The largest absolute Gasteiger partial charge is 0.508 e. The van der Waals surface area contributed by atoms with Crippen LogP contribution in [0.4, 0.5) is 9.59 Å². The molecule has 6 nitrogen and oxygen atoms in total. The van der Waals surface area contributed by atoms with Crippen LogP contribution >= 0.6 is 0 Å². The van der Waals surface area contributed by atoms with Crippen LogP contribution in [0, 0.1) is 0 Å². The third-order valence-corrected chi connectivity index (χ3v) is 1.85. The van der Waals surface area contributed by atoms with Crippen LogP contribution in [0.15, 0.2) is 12.2 Å². The number of methoxy groups -OCH3 is 1. The van der Waals surface area contributed by atoms with Gasteiger partial charge in [0, 0.05) is 6.54 Å². The maximum Gasteiger partial charge on any atom is 0.508 e.